The highest BCUT2D eigenvalue weighted by Crippen LogP contribution is 2.34. The number of hydrogen-bond donors (Lipinski definition) is 7. The number of aliphatic hydroxyl groups is 7. The first kappa shape index (κ1) is 19.9. The van der Waals surface area contributed by atoms with E-state index in [9.17, 15) is 30.6 Å². The fourth-order valence-electron chi connectivity index (χ4n) is 3.26. The van der Waals surface area contributed by atoms with Gasteiger partial charge in [-0.25, -0.2) is 0 Å². The highest BCUT2D eigenvalue weighted by atomic mass is 16.7. The summed E-state index contributed by atoms with van der Waals surface area (Å²) in [6, 6.07) is 0. The smallest absolute Gasteiger partial charge is 0.163 e. The SMILES string of the molecule is CO[C@@H]1O[C@H](CO)[C@@H](O)[C@H](O)[C@H]1C[C@@H]1O[C@H](CO)[C@@H](O)[C@H](O)[C@H]1O. The Bertz CT molecular complexity index is 392. The zero-order chi connectivity index (χ0) is 18.0. The summed E-state index contributed by atoms with van der Waals surface area (Å²) in [6.07, 6.45) is -11.3. The fourth-order valence-corrected chi connectivity index (χ4v) is 3.26. The van der Waals surface area contributed by atoms with Gasteiger partial charge in [0.15, 0.2) is 6.29 Å². The monoisotopic (exact) mass is 354 g/mol. The Kier molecular flexibility index (Phi) is 6.90. The summed E-state index contributed by atoms with van der Waals surface area (Å²) in [4.78, 5) is 0. The predicted molar refractivity (Wildman–Crippen MR) is 76.6 cm³/mol. The number of rotatable bonds is 5. The van der Waals surface area contributed by atoms with E-state index in [4.69, 9.17) is 19.3 Å². The van der Waals surface area contributed by atoms with Gasteiger partial charge < -0.3 is 50.0 Å². The van der Waals surface area contributed by atoms with Crippen LogP contribution in [0.3, 0.4) is 0 Å². The van der Waals surface area contributed by atoms with Crippen LogP contribution >= 0.6 is 0 Å². The zero-order valence-corrected chi connectivity index (χ0v) is 13.3. The third kappa shape index (κ3) is 3.73. The molecule has 10 atom stereocenters. The molecule has 7 N–H and O–H groups in total. The molecule has 0 saturated carbocycles. The van der Waals surface area contributed by atoms with Crippen molar-refractivity contribution < 1.29 is 50.0 Å². The first-order valence-electron chi connectivity index (χ1n) is 7.81. The first-order chi connectivity index (χ1) is 11.3. The Hall–Kier alpha value is -0.400. The van der Waals surface area contributed by atoms with Crippen LogP contribution < -0.4 is 0 Å². The Morgan fingerprint density at radius 1 is 0.708 bits per heavy atom. The summed E-state index contributed by atoms with van der Waals surface area (Å²) in [5, 5.41) is 68.3. The topological polar surface area (TPSA) is 169 Å². The van der Waals surface area contributed by atoms with Crippen LogP contribution in [-0.4, -0.2) is 111 Å². The van der Waals surface area contributed by atoms with E-state index in [0.717, 1.165) is 0 Å². The minimum absolute atomic E-state index is 0.0731. The Morgan fingerprint density at radius 3 is 1.75 bits per heavy atom. The standard InChI is InChI=1S/C14H26O10/c1-22-14-5(9(17)11(19)8(4-16)24-14)2-6-10(18)13(21)12(20)7(3-15)23-6/h5-21H,2-4H2,1H3/t5-,6+,7-,8-,9-,10+,11-,12-,13-,14-/m1/s1. The molecule has 0 amide bonds. The van der Waals surface area contributed by atoms with E-state index in [0.29, 0.717) is 0 Å². The third-order valence-corrected chi connectivity index (χ3v) is 4.74. The second kappa shape index (κ2) is 8.32. The van der Waals surface area contributed by atoms with Crippen LogP contribution in [0.1, 0.15) is 6.42 Å². The molecule has 0 aliphatic carbocycles. The van der Waals surface area contributed by atoms with Gasteiger partial charge in [0, 0.05) is 13.0 Å². The van der Waals surface area contributed by atoms with E-state index >= 15 is 0 Å². The minimum Gasteiger partial charge on any atom is -0.394 e. The van der Waals surface area contributed by atoms with Crippen molar-refractivity contribution in [2.45, 2.75) is 61.5 Å². The predicted octanol–water partition coefficient (Wildman–Crippen LogP) is -4.08. The van der Waals surface area contributed by atoms with Gasteiger partial charge in [-0.1, -0.05) is 0 Å². The molecule has 0 unspecified atom stereocenters. The van der Waals surface area contributed by atoms with E-state index in [2.05, 4.69) is 0 Å². The van der Waals surface area contributed by atoms with Crippen molar-refractivity contribution >= 4 is 0 Å². The lowest BCUT2D eigenvalue weighted by Gasteiger charge is -2.45. The average molecular weight is 354 g/mol. The molecule has 2 fully saturated rings. The van der Waals surface area contributed by atoms with E-state index in [1.807, 2.05) is 0 Å². The van der Waals surface area contributed by atoms with Crippen LogP contribution in [0.25, 0.3) is 0 Å². The molecule has 0 aromatic rings. The molecule has 2 aliphatic rings. The number of aliphatic hydroxyl groups excluding tert-OH is 7. The van der Waals surface area contributed by atoms with Crippen LogP contribution in [0.4, 0.5) is 0 Å². The normalized spacial score (nSPS) is 50.0. The lowest BCUT2D eigenvalue weighted by molar-refractivity contribution is -0.292. The van der Waals surface area contributed by atoms with Crippen molar-refractivity contribution in [3.63, 3.8) is 0 Å². The van der Waals surface area contributed by atoms with Crippen molar-refractivity contribution in [1.29, 1.82) is 0 Å². The van der Waals surface area contributed by atoms with Crippen molar-refractivity contribution in [2.75, 3.05) is 20.3 Å². The maximum absolute atomic E-state index is 10.3. The van der Waals surface area contributed by atoms with Gasteiger partial charge in [-0.2, -0.15) is 0 Å². The molecule has 0 radical (unpaired) electrons. The van der Waals surface area contributed by atoms with E-state index in [1.54, 1.807) is 0 Å². The fraction of sp³-hybridized carbons (Fsp3) is 1.00. The summed E-state index contributed by atoms with van der Waals surface area (Å²) in [5.41, 5.74) is 0. The second-order valence-corrected chi connectivity index (χ2v) is 6.21. The van der Waals surface area contributed by atoms with Gasteiger partial charge in [0.1, 0.15) is 36.6 Å². The molecule has 0 aromatic carbocycles. The summed E-state index contributed by atoms with van der Waals surface area (Å²) in [5.74, 6) is -0.825. The lowest BCUT2D eigenvalue weighted by atomic mass is 9.83. The third-order valence-electron chi connectivity index (χ3n) is 4.74. The zero-order valence-electron chi connectivity index (χ0n) is 13.3. The highest BCUT2D eigenvalue weighted by molar-refractivity contribution is 4.96. The van der Waals surface area contributed by atoms with Gasteiger partial charge in [0.25, 0.3) is 0 Å². The van der Waals surface area contributed by atoms with Gasteiger partial charge in [0.2, 0.25) is 0 Å². The van der Waals surface area contributed by atoms with Crippen molar-refractivity contribution in [3.05, 3.63) is 0 Å². The van der Waals surface area contributed by atoms with E-state index in [1.165, 1.54) is 7.11 Å². The molecule has 0 spiro atoms. The number of hydrogen-bond acceptors (Lipinski definition) is 10. The molecule has 24 heavy (non-hydrogen) atoms. The van der Waals surface area contributed by atoms with Crippen molar-refractivity contribution in [1.82, 2.24) is 0 Å². The van der Waals surface area contributed by atoms with Gasteiger partial charge in [0.05, 0.1) is 25.4 Å². The highest BCUT2D eigenvalue weighted by Gasteiger charge is 2.49. The Labute approximate surface area is 138 Å². The van der Waals surface area contributed by atoms with Gasteiger partial charge >= 0.3 is 0 Å². The first-order valence-corrected chi connectivity index (χ1v) is 7.81. The number of ether oxygens (including phenoxy) is 3. The molecule has 10 heteroatoms. The molecule has 0 bridgehead atoms. The molecule has 2 heterocycles. The van der Waals surface area contributed by atoms with Crippen LogP contribution in [0.5, 0.6) is 0 Å². The van der Waals surface area contributed by atoms with Gasteiger partial charge in [-0.15, -0.1) is 0 Å². The van der Waals surface area contributed by atoms with E-state index in [-0.39, 0.29) is 6.42 Å². The van der Waals surface area contributed by atoms with Crippen LogP contribution in [0.2, 0.25) is 0 Å². The van der Waals surface area contributed by atoms with Gasteiger partial charge in [-0.3, -0.25) is 0 Å². The van der Waals surface area contributed by atoms with Crippen LogP contribution in [0, 0.1) is 5.92 Å². The average Bonchev–Trinajstić information content (AvgIpc) is 2.59. The van der Waals surface area contributed by atoms with Crippen molar-refractivity contribution in [2.24, 2.45) is 5.92 Å². The summed E-state index contributed by atoms with van der Waals surface area (Å²) in [6.45, 7) is -1.07. The molecule has 142 valence electrons. The van der Waals surface area contributed by atoms with Crippen molar-refractivity contribution in [3.8, 4) is 0 Å². The molecule has 2 rings (SSSR count). The molecular weight excluding hydrogens is 328 g/mol. The second-order valence-electron chi connectivity index (χ2n) is 6.21. The maximum Gasteiger partial charge on any atom is 0.163 e. The van der Waals surface area contributed by atoms with Crippen LogP contribution in [-0.2, 0) is 14.2 Å². The maximum atomic E-state index is 10.3. The summed E-state index contributed by atoms with van der Waals surface area (Å²) >= 11 is 0. The Morgan fingerprint density at radius 2 is 1.21 bits per heavy atom. The molecule has 2 aliphatic heterocycles. The molecule has 10 nitrogen and oxygen atoms in total. The molecular formula is C14H26O10. The minimum atomic E-state index is -1.53. The van der Waals surface area contributed by atoms with Crippen LogP contribution in [0.15, 0.2) is 0 Å². The quantitative estimate of drug-likeness (QED) is 0.258. The summed E-state index contributed by atoms with van der Waals surface area (Å²) in [7, 11) is 1.32. The van der Waals surface area contributed by atoms with E-state index < -0.39 is 74.3 Å². The lowest BCUT2D eigenvalue weighted by Crippen LogP contribution is -2.61. The largest absolute Gasteiger partial charge is 0.394 e. The number of methoxy groups -OCH3 is 1. The molecule has 0 aromatic heterocycles. The molecule has 2 saturated heterocycles. The van der Waals surface area contributed by atoms with Gasteiger partial charge in [-0.05, 0) is 6.42 Å². The Balaban J connectivity index is 2.12. The summed E-state index contributed by atoms with van der Waals surface area (Å²) < 4.78 is 15.9.